The van der Waals surface area contributed by atoms with E-state index in [0.29, 0.717) is 5.82 Å². The van der Waals surface area contributed by atoms with Gasteiger partial charge in [-0.3, -0.25) is 4.79 Å². The molecule has 0 atom stereocenters. The van der Waals surface area contributed by atoms with Crippen molar-refractivity contribution < 1.29 is 14.3 Å². The summed E-state index contributed by atoms with van der Waals surface area (Å²) in [7, 11) is 2.78. The summed E-state index contributed by atoms with van der Waals surface area (Å²) in [6, 6.07) is 2.98. The van der Waals surface area contributed by atoms with Crippen molar-refractivity contribution in [2.75, 3.05) is 19.9 Å². The summed E-state index contributed by atoms with van der Waals surface area (Å²) >= 11 is 0. The Morgan fingerprint density at radius 3 is 2.85 bits per heavy atom. The van der Waals surface area contributed by atoms with Crippen LogP contribution in [-0.4, -0.2) is 40.8 Å². The molecule has 2 heterocycles. The molecule has 2 aromatic heterocycles. The summed E-state index contributed by atoms with van der Waals surface area (Å²) in [5.41, 5.74) is 6.30. The third-order valence-corrected chi connectivity index (χ3v) is 2.61. The van der Waals surface area contributed by atoms with Gasteiger partial charge in [-0.25, -0.2) is 14.5 Å². The molecule has 0 spiro atoms. The molecule has 1 amide bonds. The number of hydrogen-bond donors (Lipinski definition) is 2. The molecule has 0 bridgehead atoms. The van der Waals surface area contributed by atoms with E-state index in [1.54, 1.807) is 6.20 Å². The summed E-state index contributed by atoms with van der Waals surface area (Å²) in [5, 5.41) is 6.52. The molecular formula is C12H13N5O3. The van der Waals surface area contributed by atoms with Gasteiger partial charge in [-0.05, 0) is 12.1 Å². The van der Waals surface area contributed by atoms with Crippen LogP contribution in [0.15, 0.2) is 24.5 Å². The molecule has 0 aliphatic rings. The molecule has 2 rings (SSSR count). The average Bonchev–Trinajstić information content (AvgIpc) is 2.96. The lowest BCUT2D eigenvalue weighted by molar-refractivity contribution is 0.0601. The molecule has 8 heteroatoms. The lowest BCUT2D eigenvalue weighted by Gasteiger charge is -2.06. The number of anilines is 1. The highest BCUT2D eigenvalue weighted by atomic mass is 16.5. The zero-order valence-corrected chi connectivity index (χ0v) is 11.0. The van der Waals surface area contributed by atoms with Gasteiger partial charge in [0.15, 0.2) is 11.5 Å². The summed E-state index contributed by atoms with van der Waals surface area (Å²) in [4.78, 5) is 27.0. The molecule has 8 nitrogen and oxygen atoms in total. The van der Waals surface area contributed by atoms with Crippen LogP contribution < -0.4 is 11.1 Å². The number of nitrogen functional groups attached to an aromatic ring is 1. The number of nitrogens with one attached hydrogen (secondary N) is 1. The highest BCUT2D eigenvalue weighted by Gasteiger charge is 2.14. The number of nitrogens with zero attached hydrogens (tertiary/aromatic N) is 3. The molecule has 2 aromatic rings. The van der Waals surface area contributed by atoms with E-state index in [1.165, 1.54) is 37.2 Å². The first-order valence-corrected chi connectivity index (χ1v) is 5.68. The number of rotatable bonds is 3. The van der Waals surface area contributed by atoms with E-state index in [9.17, 15) is 9.59 Å². The zero-order valence-electron chi connectivity index (χ0n) is 11.0. The molecular weight excluding hydrogens is 262 g/mol. The second-order valence-corrected chi connectivity index (χ2v) is 3.85. The summed E-state index contributed by atoms with van der Waals surface area (Å²) in [5.74, 6) is -0.521. The predicted octanol–water partition coefficient (Wildman–Crippen LogP) is -0.00430. The summed E-state index contributed by atoms with van der Waals surface area (Å²) < 4.78 is 6.00. The predicted molar refractivity (Wildman–Crippen MR) is 70.5 cm³/mol. The topological polar surface area (TPSA) is 112 Å². The number of aromatic nitrogens is 3. The van der Waals surface area contributed by atoms with Gasteiger partial charge in [-0.1, -0.05) is 0 Å². The first-order valence-electron chi connectivity index (χ1n) is 5.68. The largest absolute Gasteiger partial charge is 0.465 e. The average molecular weight is 275 g/mol. The Hall–Kier alpha value is -2.90. The number of carbonyl (C=O) groups excluding carboxylic acids is 2. The third kappa shape index (κ3) is 2.44. The lowest BCUT2D eigenvalue weighted by atomic mass is 10.2. The maximum Gasteiger partial charge on any atom is 0.340 e. The quantitative estimate of drug-likeness (QED) is 0.762. The van der Waals surface area contributed by atoms with Gasteiger partial charge < -0.3 is 15.8 Å². The van der Waals surface area contributed by atoms with Crippen molar-refractivity contribution >= 4 is 17.6 Å². The minimum absolute atomic E-state index is 0.189. The van der Waals surface area contributed by atoms with Gasteiger partial charge >= 0.3 is 5.97 Å². The second kappa shape index (κ2) is 5.39. The maximum absolute atomic E-state index is 11.6. The van der Waals surface area contributed by atoms with Crippen LogP contribution in [0.3, 0.4) is 0 Å². The van der Waals surface area contributed by atoms with E-state index in [-0.39, 0.29) is 22.9 Å². The highest BCUT2D eigenvalue weighted by molar-refractivity contribution is 5.95. The van der Waals surface area contributed by atoms with Crippen LogP contribution in [0.4, 0.5) is 5.69 Å². The first-order chi connectivity index (χ1) is 9.56. The number of hydrogen-bond acceptors (Lipinski definition) is 6. The fourth-order valence-electron chi connectivity index (χ4n) is 1.57. The molecule has 0 saturated heterocycles. The van der Waals surface area contributed by atoms with Gasteiger partial charge in [-0.2, -0.15) is 5.10 Å². The monoisotopic (exact) mass is 275 g/mol. The Morgan fingerprint density at radius 2 is 2.20 bits per heavy atom. The minimum Gasteiger partial charge on any atom is -0.465 e. The SMILES string of the molecule is CNC(=O)c1ccn(-c2cc(C(=O)OC)c(N)cn2)n1. The van der Waals surface area contributed by atoms with Crippen molar-refractivity contribution in [1.29, 1.82) is 0 Å². The number of nitrogens with two attached hydrogens (primary N) is 1. The standard InChI is InChI=1S/C12H13N5O3/c1-14-11(18)9-3-4-17(16-9)10-5-7(12(19)20-2)8(13)6-15-10/h3-6H,13H2,1-2H3,(H,14,18). The van der Waals surface area contributed by atoms with Crippen molar-refractivity contribution in [2.24, 2.45) is 0 Å². The highest BCUT2D eigenvalue weighted by Crippen LogP contribution is 2.15. The summed E-state index contributed by atoms with van der Waals surface area (Å²) in [6.07, 6.45) is 2.90. The van der Waals surface area contributed by atoms with Crippen LogP contribution in [0, 0.1) is 0 Å². The van der Waals surface area contributed by atoms with Gasteiger partial charge in [0.2, 0.25) is 0 Å². The van der Waals surface area contributed by atoms with Crippen LogP contribution in [0.5, 0.6) is 0 Å². The van der Waals surface area contributed by atoms with Crippen LogP contribution in [-0.2, 0) is 4.74 Å². The molecule has 104 valence electrons. The first kappa shape index (κ1) is 13.5. The molecule has 3 N–H and O–H groups in total. The van der Waals surface area contributed by atoms with E-state index >= 15 is 0 Å². The van der Waals surface area contributed by atoms with Crippen molar-refractivity contribution in [2.45, 2.75) is 0 Å². The fourth-order valence-corrected chi connectivity index (χ4v) is 1.57. The molecule has 0 radical (unpaired) electrons. The van der Waals surface area contributed by atoms with Crippen LogP contribution in [0.25, 0.3) is 5.82 Å². The fraction of sp³-hybridized carbons (Fsp3) is 0.167. The van der Waals surface area contributed by atoms with E-state index in [0.717, 1.165) is 0 Å². The van der Waals surface area contributed by atoms with Crippen molar-refractivity contribution in [3.63, 3.8) is 0 Å². The summed E-state index contributed by atoms with van der Waals surface area (Å²) in [6.45, 7) is 0. The van der Waals surface area contributed by atoms with E-state index in [1.807, 2.05) is 0 Å². The second-order valence-electron chi connectivity index (χ2n) is 3.85. The number of amides is 1. The number of pyridine rings is 1. The Kier molecular flexibility index (Phi) is 3.65. The zero-order chi connectivity index (χ0) is 14.7. The smallest absolute Gasteiger partial charge is 0.340 e. The normalized spacial score (nSPS) is 10.1. The molecule has 0 aliphatic heterocycles. The molecule has 0 saturated carbocycles. The van der Waals surface area contributed by atoms with Gasteiger partial charge in [0.25, 0.3) is 5.91 Å². The molecule has 20 heavy (non-hydrogen) atoms. The minimum atomic E-state index is -0.565. The van der Waals surface area contributed by atoms with E-state index in [2.05, 4.69) is 20.1 Å². The Balaban J connectivity index is 2.40. The van der Waals surface area contributed by atoms with Gasteiger partial charge in [0, 0.05) is 13.2 Å². The molecule has 0 fully saturated rings. The van der Waals surface area contributed by atoms with Crippen molar-refractivity contribution in [1.82, 2.24) is 20.1 Å². The van der Waals surface area contributed by atoms with Crippen LogP contribution >= 0.6 is 0 Å². The Bertz CT molecular complexity index is 665. The molecule has 0 aromatic carbocycles. The van der Waals surface area contributed by atoms with E-state index < -0.39 is 5.97 Å². The van der Waals surface area contributed by atoms with Crippen LogP contribution in [0.2, 0.25) is 0 Å². The van der Waals surface area contributed by atoms with E-state index in [4.69, 9.17) is 5.73 Å². The lowest BCUT2D eigenvalue weighted by Crippen LogP contribution is -2.18. The van der Waals surface area contributed by atoms with Crippen LogP contribution in [0.1, 0.15) is 20.8 Å². The number of esters is 1. The Labute approximate surface area is 114 Å². The van der Waals surface area contributed by atoms with Crippen molar-refractivity contribution in [3.05, 3.63) is 35.8 Å². The molecule has 0 aliphatic carbocycles. The Morgan fingerprint density at radius 1 is 1.45 bits per heavy atom. The maximum atomic E-state index is 11.6. The number of ether oxygens (including phenoxy) is 1. The third-order valence-electron chi connectivity index (χ3n) is 2.61. The number of methoxy groups -OCH3 is 1. The molecule has 0 unspecified atom stereocenters. The van der Waals surface area contributed by atoms with Gasteiger partial charge in [-0.15, -0.1) is 0 Å². The number of carbonyl (C=O) groups is 2. The van der Waals surface area contributed by atoms with Gasteiger partial charge in [0.05, 0.1) is 24.6 Å². The van der Waals surface area contributed by atoms with Crippen molar-refractivity contribution in [3.8, 4) is 5.82 Å². The van der Waals surface area contributed by atoms with Gasteiger partial charge in [0.1, 0.15) is 0 Å².